The van der Waals surface area contributed by atoms with Crippen LogP contribution in [0.15, 0.2) is 146 Å². The molecule has 3 nitrogen and oxygen atoms in total. The molecule has 0 N–H and O–H groups in total. The number of para-hydroxylation sites is 3. The minimum Gasteiger partial charge on any atom is -0.457 e. The van der Waals surface area contributed by atoms with Gasteiger partial charge in [-0.25, -0.2) is 0 Å². The van der Waals surface area contributed by atoms with E-state index in [1.165, 1.54) is 27.4 Å². The molecular weight excluding hydrogens is 476 g/mol. The largest absolute Gasteiger partial charge is 0.457 e. The van der Waals surface area contributed by atoms with Crippen LogP contribution < -0.4 is 4.74 Å². The fourth-order valence-corrected chi connectivity index (χ4v) is 6.44. The third-order valence-electron chi connectivity index (χ3n) is 8.02. The predicted molar refractivity (Wildman–Crippen MR) is 157 cm³/mol. The summed E-state index contributed by atoms with van der Waals surface area (Å²) >= 11 is 0. The van der Waals surface area contributed by atoms with E-state index in [2.05, 4.69) is 125 Å². The van der Waals surface area contributed by atoms with E-state index in [9.17, 15) is 0 Å². The molecule has 0 amide bonds. The zero-order valence-electron chi connectivity index (χ0n) is 21.2. The lowest BCUT2D eigenvalue weighted by molar-refractivity contribution is 0.434. The van der Waals surface area contributed by atoms with Crippen molar-refractivity contribution < 1.29 is 4.74 Å². The van der Waals surface area contributed by atoms with Gasteiger partial charge in [-0.15, -0.1) is 0 Å². The van der Waals surface area contributed by atoms with Gasteiger partial charge in [0.05, 0.1) is 28.3 Å². The molecule has 0 atom stereocenters. The lowest BCUT2D eigenvalue weighted by Gasteiger charge is -2.41. The summed E-state index contributed by atoms with van der Waals surface area (Å²) in [5, 5.41) is 2.43. The lowest BCUT2D eigenvalue weighted by Crippen LogP contribution is -2.34. The number of hydrogen-bond acceptors (Lipinski definition) is 2. The Bertz CT molecular complexity index is 1940. The number of ether oxygens (including phenoxy) is 1. The van der Waals surface area contributed by atoms with Gasteiger partial charge in [-0.05, 0) is 53.6 Å². The molecule has 3 heterocycles. The first kappa shape index (κ1) is 21.9. The van der Waals surface area contributed by atoms with Crippen molar-refractivity contribution >= 4 is 21.8 Å². The highest BCUT2D eigenvalue weighted by molar-refractivity contribution is 6.09. The standard InChI is InChI=1S/C36H24N2O/c1-2-11-25(12-3-1)36(30-15-5-8-18-34(30)39-35-19-9-6-16-31(35)36)26-20-21-33-29(23-26)28-14-4-7-17-32(28)38(33)27-13-10-22-37-24-27/h1-24H. The third-order valence-corrected chi connectivity index (χ3v) is 8.02. The molecule has 39 heavy (non-hydrogen) atoms. The molecule has 2 aromatic heterocycles. The van der Waals surface area contributed by atoms with Gasteiger partial charge in [0.25, 0.3) is 0 Å². The van der Waals surface area contributed by atoms with Crippen molar-refractivity contribution in [3.63, 3.8) is 0 Å². The van der Waals surface area contributed by atoms with Crippen LogP contribution in [-0.2, 0) is 5.41 Å². The zero-order chi connectivity index (χ0) is 25.8. The van der Waals surface area contributed by atoms with E-state index in [0.717, 1.165) is 33.8 Å². The highest BCUT2D eigenvalue weighted by Gasteiger charge is 2.45. The quantitative estimate of drug-likeness (QED) is 0.243. The first-order valence-electron chi connectivity index (χ1n) is 13.2. The summed E-state index contributed by atoms with van der Waals surface area (Å²) in [4.78, 5) is 4.41. The van der Waals surface area contributed by atoms with Crippen LogP contribution in [0.5, 0.6) is 11.5 Å². The molecule has 0 aliphatic carbocycles. The van der Waals surface area contributed by atoms with Gasteiger partial charge in [0.1, 0.15) is 11.5 Å². The molecule has 0 spiro atoms. The minimum atomic E-state index is -0.543. The first-order valence-corrected chi connectivity index (χ1v) is 13.2. The minimum absolute atomic E-state index is 0.543. The second-order valence-electron chi connectivity index (χ2n) is 10.0. The Morgan fingerprint density at radius 1 is 0.538 bits per heavy atom. The number of hydrogen-bond donors (Lipinski definition) is 0. The smallest absolute Gasteiger partial charge is 0.132 e. The summed E-state index contributed by atoms with van der Waals surface area (Å²) in [7, 11) is 0. The predicted octanol–water partition coefficient (Wildman–Crippen LogP) is 8.67. The molecule has 0 radical (unpaired) electrons. The van der Waals surface area contributed by atoms with Gasteiger partial charge in [0.2, 0.25) is 0 Å². The van der Waals surface area contributed by atoms with E-state index in [-0.39, 0.29) is 0 Å². The normalized spacial score (nSPS) is 13.5. The van der Waals surface area contributed by atoms with Crippen LogP contribution in [0, 0.1) is 0 Å². The molecule has 0 bridgehead atoms. The lowest BCUT2D eigenvalue weighted by atomic mass is 9.63. The average molecular weight is 501 g/mol. The van der Waals surface area contributed by atoms with Crippen LogP contribution in [0.3, 0.4) is 0 Å². The molecule has 0 saturated heterocycles. The molecule has 0 unspecified atom stereocenters. The molecule has 184 valence electrons. The zero-order valence-corrected chi connectivity index (χ0v) is 21.2. The van der Waals surface area contributed by atoms with Gasteiger partial charge in [-0.1, -0.05) is 91.0 Å². The number of pyridine rings is 1. The summed E-state index contributed by atoms with van der Waals surface area (Å²) in [6, 6.07) is 47.4. The van der Waals surface area contributed by atoms with E-state index in [1.807, 2.05) is 30.6 Å². The molecule has 7 aromatic rings. The molecule has 3 heteroatoms. The van der Waals surface area contributed by atoms with E-state index >= 15 is 0 Å². The monoisotopic (exact) mass is 500 g/mol. The highest BCUT2D eigenvalue weighted by Crippen LogP contribution is 2.55. The topological polar surface area (TPSA) is 27.1 Å². The van der Waals surface area contributed by atoms with Gasteiger partial charge >= 0.3 is 0 Å². The van der Waals surface area contributed by atoms with Crippen LogP contribution in [-0.4, -0.2) is 9.55 Å². The Labute approximate surface area is 226 Å². The van der Waals surface area contributed by atoms with Crippen LogP contribution in [0.4, 0.5) is 0 Å². The summed E-state index contributed by atoms with van der Waals surface area (Å²) in [6.07, 6.45) is 3.75. The molecular formula is C36H24N2O. The molecule has 1 aliphatic heterocycles. The molecule has 0 fully saturated rings. The van der Waals surface area contributed by atoms with Gasteiger partial charge in [0, 0.05) is 28.1 Å². The highest BCUT2D eigenvalue weighted by atomic mass is 16.5. The van der Waals surface area contributed by atoms with Crippen molar-refractivity contribution in [1.82, 2.24) is 9.55 Å². The van der Waals surface area contributed by atoms with Gasteiger partial charge in [0.15, 0.2) is 0 Å². The SMILES string of the molecule is c1ccc(C2(c3ccc4c(c3)c3ccccc3n4-c3cccnc3)c3ccccc3Oc3ccccc32)cc1. The first-order chi connectivity index (χ1) is 19.4. The van der Waals surface area contributed by atoms with E-state index < -0.39 is 5.41 Å². The number of fused-ring (bicyclic) bond motifs is 5. The Hall–Kier alpha value is -5.15. The second kappa shape index (κ2) is 8.44. The summed E-state index contributed by atoms with van der Waals surface area (Å²) in [5.74, 6) is 1.77. The van der Waals surface area contributed by atoms with Crippen molar-refractivity contribution in [2.45, 2.75) is 5.41 Å². The molecule has 8 rings (SSSR count). The summed E-state index contributed by atoms with van der Waals surface area (Å²) < 4.78 is 8.79. The van der Waals surface area contributed by atoms with Crippen molar-refractivity contribution in [1.29, 1.82) is 0 Å². The molecule has 1 aliphatic rings. The van der Waals surface area contributed by atoms with Gasteiger partial charge < -0.3 is 9.30 Å². The maximum Gasteiger partial charge on any atom is 0.132 e. The number of nitrogens with zero attached hydrogens (tertiary/aromatic N) is 2. The number of benzene rings is 5. The van der Waals surface area contributed by atoms with E-state index in [0.29, 0.717) is 0 Å². The van der Waals surface area contributed by atoms with Crippen LogP contribution in [0.1, 0.15) is 22.3 Å². The van der Waals surface area contributed by atoms with E-state index in [1.54, 1.807) is 0 Å². The van der Waals surface area contributed by atoms with Gasteiger partial charge in [-0.2, -0.15) is 0 Å². The van der Waals surface area contributed by atoms with Crippen molar-refractivity contribution in [2.75, 3.05) is 0 Å². The second-order valence-corrected chi connectivity index (χ2v) is 10.0. The van der Waals surface area contributed by atoms with Crippen molar-refractivity contribution in [3.05, 3.63) is 168 Å². The fourth-order valence-electron chi connectivity index (χ4n) is 6.44. The van der Waals surface area contributed by atoms with Crippen LogP contribution in [0.25, 0.3) is 27.5 Å². The Kier molecular flexibility index (Phi) is 4.74. The maximum atomic E-state index is 6.48. The van der Waals surface area contributed by atoms with Crippen LogP contribution in [0.2, 0.25) is 0 Å². The molecule has 0 saturated carbocycles. The van der Waals surface area contributed by atoms with Crippen molar-refractivity contribution in [3.8, 4) is 17.2 Å². The average Bonchev–Trinajstić information content (AvgIpc) is 3.34. The van der Waals surface area contributed by atoms with Crippen molar-refractivity contribution in [2.24, 2.45) is 0 Å². The number of aromatic nitrogens is 2. The fraction of sp³-hybridized carbons (Fsp3) is 0.0278. The van der Waals surface area contributed by atoms with E-state index in [4.69, 9.17) is 4.74 Å². The summed E-state index contributed by atoms with van der Waals surface area (Å²) in [6.45, 7) is 0. The molecule has 5 aromatic carbocycles. The number of rotatable bonds is 3. The Balaban J connectivity index is 1.52. The maximum absolute atomic E-state index is 6.48. The Morgan fingerprint density at radius 2 is 1.21 bits per heavy atom. The Morgan fingerprint density at radius 3 is 1.95 bits per heavy atom. The van der Waals surface area contributed by atoms with Crippen LogP contribution >= 0.6 is 0 Å². The summed E-state index contributed by atoms with van der Waals surface area (Å²) in [5.41, 5.74) is 7.54. The third kappa shape index (κ3) is 3.07. The van der Waals surface area contributed by atoms with Gasteiger partial charge in [-0.3, -0.25) is 4.98 Å².